The van der Waals surface area contributed by atoms with Crippen LogP contribution >= 0.6 is 0 Å². The van der Waals surface area contributed by atoms with Gasteiger partial charge in [-0.2, -0.15) is 5.26 Å². The van der Waals surface area contributed by atoms with Crippen LogP contribution in [0.2, 0.25) is 0 Å². The summed E-state index contributed by atoms with van der Waals surface area (Å²) in [5.74, 6) is 0. The van der Waals surface area contributed by atoms with Crippen molar-refractivity contribution < 1.29 is 0 Å². The number of anilines is 1. The van der Waals surface area contributed by atoms with Gasteiger partial charge in [0, 0.05) is 25.0 Å². The van der Waals surface area contributed by atoms with Gasteiger partial charge >= 0.3 is 0 Å². The first-order valence-electron chi connectivity index (χ1n) is 8.56. The quantitative estimate of drug-likeness (QED) is 0.881. The Labute approximate surface area is 140 Å². The normalized spacial score (nSPS) is 19.2. The van der Waals surface area contributed by atoms with Gasteiger partial charge in [0.2, 0.25) is 0 Å². The van der Waals surface area contributed by atoms with Crippen molar-refractivity contribution in [3.8, 4) is 6.07 Å². The number of nitrogens with two attached hydrogens (primary N) is 1. The molecule has 1 saturated heterocycles. The maximum Gasteiger partial charge on any atom is 0.268 e. The van der Waals surface area contributed by atoms with E-state index in [4.69, 9.17) is 5.73 Å². The zero-order valence-corrected chi connectivity index (χ0v) is 13.6. The smallest absolute Gasteiger partial charge is 0.268 e. The van der Waals surface area contributed by atoms with E-state index in [1.807, 2.05) is 6.07 Å². The molecule has 2 aromatic rings. The van der Waals surface area contributed by atoms with Crippen LogP contribution in [0.5, 0.6) is 0 Å². The number of hydrogen-bond acceptors (Lipinski definition) is 5. The van der Waals surface area contributed by atoms with Gasteiger partial charge in [0.05, 0.1) is 23.1 Å². The van der Waals surface area contributed by atoms with Crippen molar-refractivity contribution in [1.82, 2.24) is 9.97 Å². The number of H-pyrrole nitrogens is 1. The second-order valence-corrected chi connectivity index (χ2v) is 7.06. The van der Waals surface area contributed by atoms with Crippen molar-refractivity contribution in [2.24, 2.45) is 11.1 Å². The van der Waals surface area contributed by atoms with E-state index in [-0.39, 0.29) is 11.1 Å². The molecule has 0 atom stereocenters. The minimum Gasteiger partial charge on any atom is -0.370 e. The van der Waals surface area contributed by atoms with Gasteiger partial charge in [-0.1, -0.05) is 6.42 Å². The molecule has 2 fully saturated rings. The Hall–Kier alpha value is -2.39. The molecule has 0 unspecified atom stereocenters. The molecule has 1 saturated carbocycles. The Morgan fingerprint density at radius 3 is 2.67 bits per heavy atom. The lowest BCUT2D eigenvalue weighted by atomic mass is 9.63. The predicted octanol–water partition coefficient (Wildman–Crippen LogP) is 2.02. The highest BCUT2D eigenvalue weighted by atomic mass is 16.1. The molecule has 2 aromatic heterocycles. The number of nitriles is 1. The Balaban J connectivity index is 1.83. The Bertz CT molecular complexity index is 881. The molecule has 2 aliphatic rings. The molecule has 124 valence electrons. The second-order valence-electron chi connectivity index (χ2n) is 7.06. The first-order valence-corrected chi connectivity index (χ1v) is 8.56. The third-order valence-corrected chi connectivity index (χ3v) is 5.80. The minimum atomic E-state index is -0.341. The number of aromatic nitrogens is 2. The summed E-state index contributed by atoms with van der Waals surface area (Å²) in [5, 5.41) is 10.4. The average molecular weight is 323 g/mol. The largest absolute Gasteiger partial charge is 0.370 e. The highest BCUT2D eigenvalue weighted by Crippen LogP contribution is 2.49. The lowest BCUT2D eigenvalue weighted by molar-refractivity contribution is 0.0956. The molecule has 0 radical (unpaired) electrons. The molecular weight excluding hydrogens is 302 g/mol. The van der Waals surface area contributed by atoms with Crippen molar-refractivity contribution in [3.05, 3.63) is 33.9 Å². The summed E-state index contributed by atoms with van der Waals surface area (Å²) >= 11 is 0. The molecule has 3 heterocycles. The molecule has 1 aliphatic heterocycles. The van der Waals surface area contributed by atoms with Crippen molar-refractivity contribution in [1.29, 1.82) is 5.26 Å². The summed E-state index contributed by atoms with van der Waals surface area (Å²) in [6.45, 7) is 2.13. The molecule has 1 aliphatic carbocycles. The maximum atomic E-state index is 12.3. The number of hydrogen-bond donors (Lipinski definition) is 2. The van der Waals surface area contributed by atoms with E-state index in [0.29, 0.717) is 17.5 Å². The molecule has 0 aromatic carbocycles. The molecule has 3 N–H and O–H groups in total. The number of pyridine rings is 2. The van der Waals surface area contributed by atoms with E-state index in [1.54, 1.807) is 6.20 Å². The molecule has 1 spiro atoms. The van der Waals surface area contributed by atoms with Crippen LogP contribution in [0.3, 0.4) is 0 Å². The number of fused-ring (bicyclic) bond motifs is 1. The molecule has 0 amide bonds. The van der Waals surface area contributed by atoms with Crippen LogP contribution < -0.4 is 16.2 Å². The van der Waals surface area contributed by atoms with Gasteiger partial charge in [0.15, 0.2) is 0 Å². The summed E-state index contributed by atoms with van der Waals surface area (Å²) in [6.07, 6.45) is 7.90. The Morgan fingerprint density at radius 2 is 2.08 bits per heavy atom. The van der Waals surface area contributed by atoms with E-state index in [2.05, 4.69) is 20.9 Å². The number of aromatic amines is 1. The first-order chi connectivity index (χ1) is 11.7. The van der Waals surface area contributed by atoms with Crippen LogP contribution in [0.4, 0.5) is 5.69 Å². The van der Waals surface area contributed by atoms with Crippen LogP contribution in [0.1, 0.15) is 43.4 Å². The minimum absolute atomic E-state index is 0.196. The van der Waals surface area contributed by atoms with E-state index in [9.17, 15) is 10.1 Å². The van der Waals surface area contributed by atoms with Crippen LogP contribution in [0, 0.1) is 16.7 Å². The summed E-state index contributed by atoms with van der Waals surface area (Å²) in [6, 6.07) is 4.00. The van der Waals surface area contributed by atoms with E-state index in [1.165, 1.54) is 19.3 Å². The van der Waals surface area contributed by atoms with E-state index >= 15 is 0 Å². The molecular formula is C18H21N5O. The van der Waals surface area contributed by atoms with E-state index < -0.39 is 0 Å². The summed E-state index contributed by atoms with van der Waals surface area (Å²) in [4.78, 5) is 21.6. The molecule has 24 heavy (non-hydrogen) atoms. The van der Waals surface area contributed by atoms with Gasteiger partial charge in [-0.3, -0.25) is 9.78 Å². The Kier molecular flexibility index (Phi) is 3.54. The lowest BCUT2D eigenvalue weighted by Crippen LogP contribution is -2.44. The van der Waals surface area contributed by atoms with Crippen molar-refractivity contribution in [3.63, 3.8) is 0 Å². The SMILES string of the molecule is N#Cc1c(N2CCC3(CCC3)CC2)c2cc(CN)ncc2[nH]c1=O. The topological polar surface area (TPSA) is 98.8 Å². The second kappa shape index (κ2) is 5.60. The van der Waals surface area contributed by atoms with Gasteiger partial charge in [0.1, 0.15) is 11.6 Å². The van der Waals surface area contributed by atoms with Gasteiger partial charge in [-0.15, -0.1) is 0 Å². The molecule has 0 bridgehead atoms. The third kappa shape index (κ3) is 2.28. The summed E-state index contributed by atoms with van der Waals surface area (Å²) in [7, 11) is 0. The predicted molar refractivity (Wildman–Crippen MR) is 92.7 cm³/mol. The maximum absolute atomic E-state index is 12.3. The lowest BCUT2D eigenvalue weighted by Gasteiger charge is -2.48. The molecule has 6 nitrogen and oxygen atoms in total. The summed E-state index contributed by atoms with van der Waals surface area (Å²) < 4.78 is 0. The number of nitrogens with zero attached hydrogens (tertiary/aromatic N) is 3. The highest BCUT2D eigenvalue weighted by molar-refractivity contribution is 5.94. The van der Waals surface area contributed by atoms with Crippen LogP contribution in [-0.4, -0.2) is 23.1 Å². The molecule has 6 heteroatoms. The standard InChI is InChI=1S/C18H21N5O/c19-9-12-8-13-15(11-21-12)22-17(24)14(10-20)16(13)23-6-4-18(5-7-23)2-1-3-18/h8,11H,1-7,9,19H2,(H,22,24). The fourth-order valence-corrected chi connectivity index (χ4v) is 4.15. The first kappa shape index (κ1) is 15.2. The van der Waals surface area contributed by atoms with Gasteiger partial charge in [0.25, 0.3) is 5.56 Å². The van der Waals surface area contributed by atoms with E-state index in [0.717, 1.165) is 42.7 Å². The monoisotopic (exact) mass is 323 g/mol. The number of rotatable bonds is 2. The average Bonchev–Trinajstić information content (AvgIpc) is 2.59. The Morgan fingerprint density at radius 1 is 1.33 bits per heavy atom. The fourth-order valence-electron chi connectivity index (χ4n) is 4.15. The van der Waals surface area contributed by atoms with Crippen molar-refractivity contribution >= 4 is 16.6 Å². The zero-order chi connectivity index (χ0) is 16.7. The van der Waals surface area contributed by atoms with Gasteiger partial charge in [-0.05, 0) is 37.2 Å². The number of nitrogens with one attached hydrogen (secondary N) is 1. The fraction of sp³-hybridized carbons (Fsp3) is 0.500. The summed E-state index contributed by atoms with van der Waals surface area (Å²) in [5.41, 5.74) is 8.26. The highest BCUT2D eigenvalue weighted by Gasteiger charge is 2.40. The van der Waals surface area contributed by atoms with Crippen LogP contribution in [0.15, 0.2) is 17.1 Å². The van der Waals surface area contributed by atoms with Crippen LogP contribution in [-0.2, 0) is 6.54 Å². The van der Waals surface area contributed by atoms with Gasteiger partial charge < -0.3 is 15.6 Å². The molecule has 4 rings (SSSR count). The van der Waals surface area contributed by atoms with Crippen molar-refractivity contribution in [2.45, 2.75) is 38.6 Å². The van der Waals surface area contributed by atoms with Crippen LogP contribution in [0.25, 0.3) is 10.9 Å². The zero-order valence-electron chi connectivity index (χ0n) is 13.6. The number of piperidine rings is 1. The van der Waals surface area contributed by atoms with Crippen molar-refractivity contribution in [2.75, 3.05) is 18.0 Å². The van der Waals surface area contributed by atoms with Gasteiger partial charge in [-0.25, -0.2) is 0 Å². The third-order valence-electron chi connectivity index (χ3n) is 5.80.